The van der Waals surface area contributed by atoms with Crippen LogP contribution in [0.15, 0.2) is 49.1 Å². The van der Waals surface area contributed by atoms with Crippen molar-refractivity contribution in [2.45, 2.75) is 13.8 Å². The van der Waals surface area contributed by atoms with Crippen LogP contribution in [0.3, 0.4) is 0 Å². The van der Waals surface area contributed by atoms with Crippen molar-refractivity contribution in [1.29, 1.82) is 0 Å². The number of rotatable bonds is 1. The Kier molecular flexibility index (Phi) is 3.11. The molecule has 0 amide bonds. The molecule has 0 fully saturated rings. The third-order valence-corrected chi connectivity index (χ3v) is 3.78. The molecule has 3 rings (SSSR count). The predicted molar refractivity (Wildman–Crippen MR) is 88.0 cm³/mol. The monoisotopic (exact) mass is 259 g/mol. The van der Waals surface area contributed by atoms with Crippen LogP contribution in [0.1, 0.15) is 12.5 Å². The average molecular weight is 259 g/mol. The van der Waals surface area contributed by atoms with E-state index in [1.807, 2.05) is 6.08 Å². The molecule has 3 aromatic rings. The number of allylic oxidation sites excluding steroid dienone is 1. The first-order valence-electron chi connectivity index (χ1n) is 6.83. The van der Waals surface area contributed by atoms with Crippen LogP contribution in [0, 0.1) is 6.92 Å². The Balaban J connectivity index is 2.64. The van der Waals surface area contributed by atoms with E-state index in [9.17, 15) is 0 Å². The summed E-state index contributed by atoms with van der Waals surface area (Å²) in [4.78, 5) is 4.87. The van der Waals surface area contributed by atoms with Gasteiger partial charge in [0.25, 0.3) is 0 Å². The number of aryl methyl sites for hydroxylation is 1. The van der Waals surface area contributed by atoms with Gasteiger partial charge in [-0.3, -0.25) is 0 Å². The molecular formula is C19H17N. The fourth-order valence-corrected chi connectivity index (χ4v) is 2.80. The summed E-state index contributed by atoms with van der Waals surface area (Å²) in [6.45, 7) is 8.01. The average Bonchev–Trinajstić information content (AvgIpc) is 2.48. The second-order valence-corrected chi connectivity index (χ2v) is 4.91. The lowest BCUT2D eigenvalue weighted by Gasteiger charge is -2.07. The summed E-state index contributed by atoms with van der Waals surface area (Å²) in [6, 6.07) is 12.7. The number of hydrogen-bond donors (Lipinski definition) is 0. The van der Waals surface area contributed by atoms with Gasteiger partial charge in [0.1, 0.15) is 0 Å². The second kappa shape index (κ2) is 4.93. The molecule has 0 saturated carbocycles. The molecule has 0 aliphatic carbocycles. The molecule has 0 N–H and O–H groups in total. The lowest BCUT2D eigenvalue weighted by atomic mass is 10.0. The van der Waals surface area contributed by atoms with Crippen LogP contribution in [-0.4, -0.2) is 4.98 Å². The Morgan fingerprint density at radius 2 is 1.85 bits per heavy atom. The Morgan fingerprint density at radius 3 is 2.60 bits per heavy atom. The minimum Gasteiger partial charge on any atom is -0.247 e. The molecule has 1 heterocycles. The molecule has 0 bridgehead atoms. The fourth-order valence-electron chi connectivity index (χ4n) is 2.80. The van der Waals surface area contributed by atoms with Crippen LogP contribution in [-0.2, 0) is 0 Å². The van der Waals surface area contributed by atoms with E-state index in [-0.39, 0.29) is 0 Å². The van der Waals surface area contributed by atoms with Crippen LogP contribution < -0.4 is 10.6 Å². The van der Waals surface area contributed by atoms with Crippen molar-refractivity contribution in [3.05, 3.63) is 65.2 Å². The van der Waals surface area contributed by atoms with Crippen LogP contribution in [0.5, 0.6) is 0 Å². The standard InChI is InChI=1S/C19H17N/c1-4-8-18-15(5-2)13(3)16-12-11-14-9-6-7-10-17(14)19(16)20-18/h4-12H,1H2,2-3H3/b15-5-,18-8+. The van der Waals surface area contributed by atoms with Gasteiger partial charge < -0.3 is 0 Å². The highest BCUT2D eigenvalue weighted by Gasteiger charge is 2.05. The highest BCUT2D eigenvalue weighted by Crippen LogP contribution is 2.23. The molecule has 20 heavy (non-hydrogen) atoms. The molecule has 98 valence electrons. The van der Waals surface area contributed by atoms with Gasteiger partial charge in [0.2, 0.25) is 0 Å². The van der Waals surface area contributed by atoms with Crippen molar-refractivity contribution in [3.63, 3.8) is 0 Å². The van der Waals surface area contributed by atoms with E-state index in [0.717, 1.165) is 10.9 Å². The van der Waals surface area contributed by atoms with Gasteiger partial charge in [0, 0.05) is 10.8 Å². The zero-order valence-electron chi connectivity index (χ0n) is 11.9. The molecule has 0 atom stereocenters. The summed E-state index contributed by atoms with van der Waals surface area (Å²) >= 11 is 0. The lowest BCUT2D eigenvalue weighted by molar-refractivity contribution is 1.25. The van der Waals surface area contributed by atoms with Crippen LogP contribution >= 0.6 is 0 Å². The van der Waals surface area contributed by atoms with Crippen molar-refractivity contribution < 1.29 is 0 Å². The first-order valence-corrected chi connectivity index (χ1v) is 6.83. The van der Waals surface area contributed by atoms with Crippen molar-refractivity contribution in [3.8, 4) is 0 Å². The maximum absolute atomic E-state index is 4.87. The Morgan fingerprint density at radius 1 is 1.05 bits per heavy atom. The normalized spacial score (nSPS) is 13.3. The smallest absolute Gasteiger partial charge is 0.0790 e. The molecular weight excluding hydrogens is 242 g/mol. The predicted octanol–water partition coefficient (Wildman–Crippen LogP) is 3.46. The minimum atomic E-state index is 0.990. The molecule has 1 nitrogen and oxygen atoms in total. The first-order chi connectivity index (χ1) is 9.76. The summed E-state index contributed by atoms with van der Waals surface area (Å²) < 4.78 is 0. The third-order valence-electron chi connectivity index (χ3n) is 3.78. The summed E-state index contributed by atoms with van der Waals surface area (Å²) in [5.41, 5.74) is 2.34. The highest BCUT2D eigenvalue weighted by atomic mass is 14.7. The van der Waals surface area contributed by atoms with Crippen molar-refractivity contribution in [2.75, 3.05) is 0 Å². The van der Waals surface area contributed by atoms with E-state index in [1.54, 1.807) is 6.08 Å². The van der Waals surface area contributed by atoms with E-state index in [4.69, 9.17) is 4.98 Å². The molecule has 0 aliphatic heterocycles. The summed E-state index contributed by atoms with van der Waals surface area (Å²) in [7, 11) is 0. The molecule has 0 unspecified atom stereocenters. The SMILES string of the molecule is C=C/C=c1/nc2c(ccc3ccccc32)c(C)/c1=C/C. The van der Waals surface area contributed by atoms with Gasteiger partial charge in [0.05, 0.1) is 10.9 Å². The van der Waals surface area contributed by atoms with E-state index < -0.39 is 0 Å². The first kappa shape index (κ1) is 12.6. The summed E-state index contributed by atoms with van der Waals surface area (Å²) in [6.07, 6.45) is 5.89. The molecule has 0 aliphatic rings. The van der Waals surface area contributed by atoms with E-state index in [1.165, 1.54) is 26.9 Å². The van der Waals surface area contributed by atoms with Crippen molar-refractivity contribution in [1.82, 2.24) is 4.98 Å². The lowest BCUT2D eigenvalue weighted by Crippen LogP contribution is -2.30. The maximum Gasteiger partial charge on any atom is 0.0790 e. The van der Waals surface area contributed by atoms with Gasteiger partial charge in [0.15, 0.2) is 0 Å². The van der Waals surface area contributed by atoms with Gasteiger partial charge in [-0.15, -0.1) is 0 Å². The van der Waals surface area contributed by atoms with Gasteiger partial charge in [-0.2, -0.15) is 0 Å². The van der Waals surface area contributed by atoms with Crippen molar-refractivity contribution >= 4 is 33.8 Å². The molecule has 2 aromatic carbocycles. The molecule has 0 radical (unpaired) electrons. The minimum absolute atomic E-state index is 0.990. The summed E-state index contributed by atoms with van der Waals surface area (Å²) in [5.74, 6) is 0. The maximum atomic E-state index is 4.87. The highest BCUT2D eigenvalue weighted by molar-refractivity contribution is 6.06. The largest absolute Gasteiger partial charge is 0.247 e. The molecule has 0 spiro atoms. The van der Waals surface area contributed by atoms with E-state index in [2.05, 4.69) is 62.9 Å². The molecule has 1 heteroatoms. The van der Waals surface area contributed by atoms with Gasteiger partial charge in [-0.25, -0.2) is 4.98 Å². The van der Waals surface area contributed by atoms with E-state index in [0.29, 0.717) is 0 Å². The molecule has 1 aromatic heterocycles. The number of nitrogens with zero attached hydrogens (tertiary/aromatic N) is 1. The van der Waals surface area contributed by atoms with E-state index >= 15 is 0 Å². The molecule has 0 saturated heterocycles. The van der Waals surface area contributed by atoms with Crippen LogP contribution in [0.4, 0.5) is 0 Å². The van der Waals surface area contributed by atoms with Gasteiger partial charge >= 0.3 is 0 Å². The van der Waals surface area contributed by atoms with Gasteiger partial charge in [-0.05, 0) is 36.1 Å². The number of fused-ring (bicyclic) bond motifs is 3. The Hall–Kier alpha value is -2.41. The number of benzene rings is 2. The van der Waals surface area contributed by atoms with Crippen LogP contribution in [0.2, 0.25) is 0 Å². The third kappa shape index (κ3) is 1.83. The van der Waals surface area contributed by atoms with Crippen LogP contribution in [0.25, 0.3) is 33.8 Å². The zero-order chi connectivity index (χ0) is 14.1. The number of aromatic nitrogens is 1. The fraction of sp³-hybridized carbons (Fsp3) is 0.105. The Bertz CT molecular complexity index is 933. The topological polar surface area (TPSA) is 12.9 Å². The quantitative estimate of drug-likeness (QED) is 0.610. The van der Waals surface area contributed by atoms with Gasteiger partial charge in [-0.1, -0.05) is 55.1 Å². The second-order valence-electron chi connectivity index (χ2n) is 4.91. The summed E-state index contributed by atoms with van der Waals surface area (Å²) in [5, 5.41) is 5.83. The van der Waals surface area contributed by atoms with Crippen molar-refractivity contribution in [2.24, 2.45) is 0 Å². The zero-order valence-corrected chi connectivity index (χ0v) is 11.9. The number of hydrogen-bond acceptors (Lipinski definition) is 1. The number of pyridine rings is 1. The Labute approximate surface area is 118 Å².